The molecule has 0 saturated carbocycles. The van der Waals surface area contributed by atoms with Gasteiger partial charge in [-0.15, -0.1) is 0 Å². The van der Waals surface area contributed by atoms with Crippen LogP contribution < -0.4 is 0 Å². The van der Waals surface area contributed by atoms with Crippen LogP contribution in [0, 0.1) is 6.92 Å². The first-order valence-electron chi connectivity index (χ1n) is 4.72. The van der Waals surface area contributed by atoms with Gasteiger partial charge in [0.1, 0.15) is 6.33 Å². The number of sulfone groups is 1. The number of hydrogen-bond donors (Lipinski definition) is 0. The van der Waals surface area contributed by atoms with Gasteiger partial charge < -0.3 is 0 Å². The van der Waals surface area contributed by atoms with Gasteiger partial charge in [-0.1, -0.05) is 0 Å². The lowest BCUT2D eigenvalue weighted by Crippen LogP contribution is -2.29. The minimum atomic E-state index is -3.15. The molecule has 0 radical (unpaired) electrons. The third-order valence-corrected chi connectivity index (χ3v) is 4.85. The summed E-state index contributed by atoms with van der Waals surface area (Å²) >= 11 is 0. The van der Waals surface area contributed by atoms with Crippen molar-refractivity contribution in [1.82, 2.24) is 9.97 Å². The van der Waals surface area contributed by atoms with E-state index in [1.165, 1.54) is 6.33 Å². The second kappa shape index (κ2) is 3.89. The molecule has 1 rings (SSSR count). The van der Waals surface area contributed by atoms with Crippen molar-refractivity contribution < 1.29 is 8.42 Å². The summed E-state index contributed by atoms with van der Waals surface area (Å²) in [5.41, 5.74) is 1.39. The first kappa shape index (κ1) is 12.1. The Morgan fingerprint density at radius 2 is 1.93 bits per heavy atom. The highest BCUT2D eigenvalue weighted by Crippen LogP contribution is 2.20. The molecule has 1 heterocycles. The van der Waals surface area contributed by atoms with E-state index < -0.39 is 14.6 Å². The van der Waals surface area contributed by atoms with Gasteiger partial charge >= 0.3 is 0 Å². The van der Waals surface area contributed by atoms with Gasteiger partial charge in [0.25, 0.3) is 0 Å². The van der Waals surface area contributed by atoms with E-state index in [0.717, 1.165) is 5.69 Å². The Labute approximate surface area is 90.7 Å². The molecular formula is C10H16N2O2S. The van der Waals surface area contributed by atoms with Crippen LogP contribution in [0.4, 0.5) is 0 Å². The molecule has 0 aliphatic rings. The second-order valence-corrected chi connectivity index (χ2v) is 7.25. The predicted octanol–water partition coefficient (Wildman–Crippen LogP) is 1.50. The Hall–Kier alpha value is -0.970. The topological polar surface area (TPSA) is 59.9 Å². The highest BCUT2D eigenvalue weighted by molar-refractivity contribution is 7.91. The summed E-state index contributed by atoms with van der Waals surface area (Å²) in [6.07, 6.45) is 2.98. The Morgan fingerprint density at radius 3 is 2.40 bits per heavy atom. The summed E-state index contributed by atoms with van der Waals surface area (Å²) in [6.45, 7) is 6.87. The van der Waals surface area contributed by atoms with E-state index in [0.29, 0.717) is 5.56 Å². The molecule has 4 nitrogen and oxygen atoms in total. The third kappa shape index (κ3) is 2.75. The van der Waals surface area contributed by atoms with Crippen molar-refractivity contribution in [2.45, 2.75) is 38.2 Å². The summed E-state index contributed by atoms with van der Waals surface area (Å²) in [6, 6.07) is 0. The van der Waals surface area contributed by atoms with Crippen molar-refractivity contribution in [3.05, 3.63) is 23.8 Å². The summed E-state index contributed by atoms with van der Waals surface area (Å²) in [4.78, 5) is 7.81. The number of aryl methyl sites for hydroxylation is 1. The number of aromatic nitrogens is 2. The molecule has 1 aromatic heterocycles. The first-order chi connectivity index (χ1) is 6.74. The second-order valence-electron chi connectivity index (χ2n) is 4.50. The molecule has 0 N–H and O–H groups in total. The van der Waals surface area contributed by atoms with Gasteiger partial charge in [-0.3, -0.25) is 0 Å². The molecule has 0 bridgehead atoms. The van der Waals surface area contributed by atoms with Crippen LogP contribution in [0.3, 0.4) is 0 Å². The largest absolute Gasteiger partial charge is 0.244 e. The van der Waals surface area contributed by atoms with Crippen molar-refractivity contribution in [3.63, 3.8) is 0 Å². The molecule has 84 valence electrons. The average molecular weight is 228 g/mol. The van der Waals surface area contributed by atoms with Gasteiger partial charge in [0.15, 0.2) is 9.84 Å². The van der Waals surface area contributed by atoms with E-state index in [1.807, 2.05) is 0 Å². The maximum Gasteiger partial charge on any atom is 0.159 e. The quantitative estimate of drug-likeness (QED) is 0.769. The summed E-state index contributed by atoms with van der Waals surface area (Å²) in [5.74, 6) is 0.00315. The SMILES string of the molecule is Cc1ncncc1CS(=O)(=O)C(C)(C)C. The minimum Gasteiger partial charge on any atom is -0.244 e. The zero-order chi connectivity index (χ0) is 11.7. The first-order valence-corrected chi connectivity index (χ1v) is 6.37. The standard InChI is InChI=1S/C10H16N2O2S/c1-8-9(5-11-7-12-8)6-15(13,14)10(2,3)4/h5,7H,6H2,1-4H3. The molecule has 0 aliphatic heterocycles. The van der Waals surface area contributed by atoms with Crippen LogP contribution in [-0.2, 0) is 15.6 Å². The lowest BCUT2D eigenvalue weighted by Gasteiger charge is -2.19. The monoisotopic (exact) mass is 228 g/mol. The molecule has 0 saturated heterocycles. The van der Waals surface area contributed by atoms with E-state index in [4.69, 9.17) is 0 Å². The summed E-state index contributed by atoms with van der Waals surface area (Å²) in [5, 5.41) is 0. The molecule has 5 heteroatoms. The van der Waals surface area contributed by atoms with E-state index in [2.05, 4.69) is 9.97 Å². The van der Waals surface area contributed by atoms with Crippen LogP contribution in [0.1, 0.15) is 32.0 Å². The molecule has 15 heavy (non-hydrogen) atoms. The smallest absolute Gasteiger partial charge is 0.159 e. The van der Waals surface area contributed by atoms with Gasteiger partial charge in [-0.25, -0.2) is 18.4 Å². The zero-order valence-corrected chi connectivity index (χ0v) is 10.3. The fourth-order valence-electron chi connectivity index (χ4n) is 0.983. The lowest BCUT2D eigenvalue weighted by molar-refractivity contribution is 0.559. The van der Waals surface area contributed by atoms with Gasteiger partial charge in [0, 0.05) is 17.5 Å². The molecule has 0 aromatic carbocycles. The molecule has 0 atom stereocenters. The average Bonchev–Trinajstić information content (AvgIpc) is 2.06. The Balaban J connectivity index is 3.03. The maximum atomic E-state index is 11.9. The van der Waals surface area contributed by atoms with Crippen molar-refractivity contribution in [2.24, 2.45) is 0 Å². The van der Waals surface area contributed by atoms with Crippen LogP contribution in [0.2, 0.25) is 0 Å². The molecule has 0 spiro atoms. The normalized spacial score (nSPS) is 12.8. The predicted molar refractivity (Wildman–Crippen MR) is 59.1 cm³/mol. The summed E-state index contributed by atoms with van der Waals surface area (Å²) in [7, 11) is -3.15. The van der Waals surface area contributed by atoms with Gasteiger partial charge in [-0.2, -0.15) is 0 Å². The van der Waals surface area contributed by atoms with Crippen LogP contribution in [-0.4, -0.2) is 23.1 Å². The zero-order valence-electron chi connectivity index (χ0n) is 9.48. The van der Waals surface area contributed by atoms with Gasteiger partial charge in [-0.05, 0) is 27.7 Å². The van der Waals surface area contributed by atoms with E-state index in [9.17, 15) is 8.42 Å². The van der Waals surface area contributed by atoms with E-state index in [-0.39, 0.29) is 5.75 Å². The number of rotatable bonds is 2. The van der Waals surface area contributed by atoms with Crippen molar-refractivity contribution in [1.29, 1.82) is 0 Å². The molecule has 0 aliphatic carbocycles. The highest BCUT2D eigenvalue weighted by Gasteiger charge is 2.29. The maximum absolute atomic E-state index is 11.9. The molecular weight excluding hydrogens is 212 g/mol. The number of nitrogens with zero attached hydrogens (tertiary/aromatic N) is 2. The van der Waals surface area contributed by atoms with E-state index in [1.54, 1.807) is 33.9 Å². The molecule has 1 aromatic rings. The Bertz CT molecular complexity index is 447. The van der Waals surface area contributed by atoms with Gasteiger partial charge in [0.05, 0.1) is 10.5 Å². The molecule has 0 unspecified atom stereocenters. The van der Waals surface area contributed by atoms with E-state index >= 15 is 0 Å². The Kier molecular flexibility index (Phi) is 3.13. The van der Waals surface area contributed by atoms with Crippen molar-refractivity contribution in [2.75, 3.05) is 0 Å². The van der Waals surface area contributed by atoms with Crippen LogP contribution in [0.5, 0.6) is 0 Å². The Morgan fingerprint density at radius 1 is 1.33 bits per heavy atom. The minimum absolute atomic E-state index is 0.00315. The third-order valence-electron chi connectivity index (χ3n) is 2.29. The van der Waals surface area contributed by atoms with Crippen LogP contribution >= 0.6 is 0 Å². The van der Waals surface area contributed by atoms with Gasteiger partial charge in [0.2, 0.25) is 0 Å². The van der Waals surface area contributed by atoms with Crippen LogP contribution in [0.15, 0.2) is 12.5 Å². The van der Waals surface area contributed by atoms with Crippen LogP contribution in [0.25, 0.3) is 0 Å². The van der Waals surface area contributed by atoms with Crippen molar-refractivity contribution in [3.8, 4) is 0 Å². The summed E-state index contributed by atoms with van der Waals surface area (Å²) < 4.78 is 23.1. The molecule has 0 amide bonds. The van der Waals surface area contributed by atoms with Crippen molar-refractivity contribution >= 4 is 9.84 Å². The lowest BCUT2D eigenvalue weighted by atomic mass is 10.3. The fourth-order valence-corrected chi connectivity index (χ4v) is 2.11. The fraction of sp³-hybridized carbons (Fsp3) is 0.600. The highest BCUT2D eigenvalue weighted by atomic mass is 32.2. The number of hydrogen-bond acceptors (Lipinski definition) is 4. The molecule has 0 fully saturated rings.